The number of nitrogens with zero attached hydrogens (tertiary/aromatic N) is 2. The average molecular weight is 327 g/mol. The molecular weight excluding hydrogens is 322 g/mol. The van der Waals surface area contributed by atoms with E-state index in [0.29, 0.717) is 5.39 Å². The maximum Gasteiger partial charge on any atom is 0.434 e. The molecule has 90 valence electrons. The molecule has 0 aromatic carbocycles. The Morgan fingerprint density at radius 1 is 1.24 bits per heavy atom. The first-order valence-corrected chi connectivity index (χ1v) is 5.45. The van der Waals surface area contributed by atoms with Gasteiger partial charge >= 0.3 is 6.18 Å². The van der Waals surface area contributed by atoms with Gasteiger partial charge in [0.15, 0.2) is 11.3 Å². The number of hydrogen-bond acceptors (Lipinski definition) is 3. The van der Waals surface area contributed by atoms with Gasteiger partial charge in [0.05, 0.1) is 5.02 Å². The van der Waals surface area contributed by atoms with E-state index in [-0.39, 0.29) is 21.0 Å². The van der Waals surface area contributed by atoms with Crippen molar-refractivity contribution in [3.63, 3.8) is 0 Å². The number of halogens is 5. The van der Waals surface area contributed by atoms with Crippen LogP contribution in [0.4, 0.5) is 19.0 Å². The van der Waals surface area contributed by atoms with Crippen molar-refractivity contribution >= 4 is 44.4 Å². The summed E-state index contributed by atoms with van der Waals surface area (Å²) in [5.74, 6) is 0.0189. The lowest BCUT2D eigenvalue weighted by Crippen LogP contribution is -2.10. The summed E-state index contributed by atoms with van der Waals surface area (Å²) in [4.78, 5) is 7.13. The molecule has 0 atom stereocenters. The van der Waals surface area contributed by atoms with Crippen molar-refractivity contribution in [1.29, 1.82) is 0 Å². The fourth-order valence-corrected chi connectivity index (χ4v) is 2.09. The van der Waals surface area contributed by atoms with E-state index in [4.69, 9.17) is 17.3 Å². The van der Waals surface area contributed by atoms with Gasteiger partial charge in [0.2, 0.25) is 0 Å². The molecule has 0 unspecified atom stereocenters. The summed E-state index contributed by atoms with van der Waals surface area (Å²) in [6.45, 7) is 0. The maximum atomic E-state index is 12.6. The molecule has 2 heterocycles. The van der Waals surface area contributed by atoms with Crippen LogP contribution >= 0.6 is 27.5 Å². The fourth-order valence-electron chi connectivity index (χ4n) is 1.30. The predicted molar refractivity (Wildman–Crippen MR) is 61.7 cm³/mol. The molecule has 2 aromatic rings. The first kappa shape index (κ1) is 12.4. The molecule has 8 heteroatoms. The second-order valence-corrected chi connectivity index (χ2v) is 4.48. The summed E-state index contributed by atoms with van der Waals surface area (Å²) in [6, 6.07) is 2.57. The highest BCUT2D eigenvalue weighted by molar-refractivity contribution is 9.10. The van der Waals surface area contributed by atoms with Gasteiger partial charge in [-0.3, -0.25) is 0 Å². The third-order valence-corrected chi connectivity index (χ3v) is 2.91. The minimum absolute atomic E-state index is 0.0189. The maximum absolute atomic E-state index is 12.6. The van der Waals surface area contributed by atoms with Crippen LogP contribution in [0.2, 0.25) is 5.02 Å². The van der Waals surface area contributed by atoms with E-state index in [0.717, 1.165) is 0 Å². The first-order chi connectivity index (χ1) is 7.79. The number of aromatic nitrogens is 2. The van der Waals surface area contributed by atoms with Crippen molar-refractivity contribution in [3.05, 3.63) is 27.3 Å². The first-order valence-electron chi connectivity index (χ1n) is 4.28. The van der Waals surface area contributed by atoms with Gasteiger partial charge in [0.1, 0.15) is 5.82 Å². The summed E-state index contributed by atoms with van der Waals surface area (Å²) in [6.07, 6.45) is -4.56. The Labute approximate surface area is 107 Å². The Bertz CT molecular complexity index is 600. The fraction of sp³-hybridized carbons (Fsp3) is 0.111. The Morgan fingerprint density at radius 3 is 2.47 bits per heavy atom. The van der Waals surface area contributed by atoms with E-state index in [1.165, 1.54) is 12.1 Å². The number of pyridine rings is 2. The molecule has 0 saturated heterocycles. The lowest BCUT2D eigenvalue weighted by molar-refractivity contribution is -0.141. The lowest BCUT2D eigenvalue weighted by Gasteiger charge is -2.09. The van der Waals surface area contributed by atoms with E-state index < -0.39 is 11.9 Å². The van der Waals surface area contributed by atoms with Crippen LogP contribution in [0.5, 0.6) is 0 Å². The average Bonchev–Trinajstić information content (AvgIpc) is 2.16. The van der Waals surface area contributed by atoms with E-state index in [1.54, 1.807) is 0 Å². The van der Waals surface area contributed by atoms with Crippen molar-refractivity contribution < 1.29 is 13.2 Å². The second-order valence-electron chi connectivity index (χ2n) is 3.22. The zero-order valence-corrected chi connectivity index (χ0v) is 10.4. The predicted octanol–water partition coefficient (Wildman–Crippen LogP) is 3.65. The van der Waals surface area contributed by atoms with Crippen molar-refractivity contribution in [3.8, 4) is 0 Å². The van der Waals surface area contributed by atoms with Crippen LogP contribution in [-0.4, -0.2) is 9.97 Å². The van der Waals surface area contributed by atoms with E-state index in [2.05, 4.69) is 25.9 Å². The van der Waals surface area contributed by atoms with Crippen molar-refractivity contribution in [2.45, 2.75) is 6.18 Å². The van der Waals surface area contributed by atoms with Gasteiger partial charge in [-0.05, 0) is 28.1 Å². The van der Waals surface area contributed by atoms with Crippen molar-refractivity contribution in [2.24, 2.45) is 0 Å². The standard InChI is InChI=1S/C9H4BrClF3N3/c10-4-1-3-5(11)2-6(15)16-8(3)17-7(4)9(12,13)14/h1-2H,(H2,15,16,17). The third kappa shape index (κ3) is 2.30. The normalized spacial score (nSPS) is 12.1. The van der Waals surface area contributed by atoms with Crippen molar-refractivity contribution in [2.75, 3.05) is 5.73 Å². The molecule has 0 spiro atoms. The zero-order valence-electron chi connectivity index (χ0n) is 8.02. The summed E-state index contributed by atoms with van der Waals surface area (Å²) in [7, 11) is 0. The SMILES string of the molecule is Nc1cc(Cl)c2cc(Br)c(C(F)(F)F)nc2n1. The number of alkyl halides is 3. The van der Waals surface area contributed by atoms with Gasteiger partial charge < -0.3 is 5.73 Å². The molecule has 2 N–H and O–H groups in total. The minimum Gasteiger partial charge on any atom is -0.384 e. The highest BCUT2D eigenvalue weighted by Gasteiger charge is 2.35. The molecule has 0 amide bonds. The Balaban J connectivity index is 2.81. The molecule has 17 heavy (non-hydrogen) atoms. The summed E-state index contributed by atoms with van der Waals surface area (Å²) >= 11 is 8.64. The molecule has 0 bridgehead atoms. The van der Waals surface area contributed by atoms with E-state index in [9.17, 15) is 13.2 Å². The third-order valence-electron chi connectivity index (χ3n) is 1.99. The van der Waals surface area contributed by atoms with Crippen LogP contribution in [0.15, 0.2) is 16.6 Å². The number of rotatable bonds is 0. The largest absolute Gasteiger partial charge is 0.434 e. The summed E-state index contributed by atoms with van der Waals surface area (Å²) in [5.41, 5.74) is 4.20. The topological polar surface area (TPSA) is 51.8 Å². The van der Waals surface area contributed by atoms with Crippen LogP contribution in [0, 0.1) is 0 Å². The van der Waals surface area contributed by atoms with Crippen LogP contribution in [0.3, 0.4) is 0 Å². The molecule has 0 saturated carbocycles. The summed E-state index contributed by atoms with van der Waals surface area (Å²) < 4.78 is 37.6. The van der Waals surface area contributed by atoms with Gasteiger partial charge in [-0.2, -0.15) is 13.2 Å². The number of anilines is 1. The number of fused-ring (bicyclic) bond motifs is 1. The van der Waals surface area contributed by atoms with E-state index >= 15 is 0 Å². The van der Waals surface area contributed by atoms with Gasteiger partial charge in [-0.15, -0.1) is 0 Å². The van der Waals surface area contributed by atoms with Crippen LogP contribution < -0.4 is 5.73 Å². The zero-order chi connectivity index (χ0) is 12.8. The van der Waals surface area contributed by atoms with Gasteiger partial charge in [0, 0.05) is 9.86 Å². The molecule has 0 aliphatic rings. The highest BCUT2D eigenvalue weighted by Crippen LogP contribution is 2.36. The quantitative estimate of drug-likeness (QED) is 0.804. The molecule has 0 radical (unpaired) electrons. The highest BCUT2D eigenvalue weighted by atomic mass is 79.9. The number of hydrogen-bond donors (Lipinski definition) is 1. The lowest BCUT2D eigenvalue weighted by atomic mass is 10.2. The molecule has 3 nitrogen and oxygen atoms in total. The molecule has 0 aliphatic carbocycles. The van der Waals surface area contributed by atoms with Gasteiger partial charge in [-0.1, -0.05) is 11.6 Å². The number of nitrogen functional groups attached to an aromatic ring is 1. The monoisotopic (exact) mass is 325 g/mol. The van der Waals surface area contributed by atoms with E-state index in [1.807, 2.05) is 0 Å². The number of nitrogens with two attached hydrogens (primary N) is 1. The molecule has 2 rings (SSSR count). The van der Waals surface area contributed by atoms with Crippen LogP contribution in [0.25, 0.3) is 11.0 Å². The molecular formula is C9H4BrClF3N3. The molecule has 2 aromatic heterocycles. The minimum atomic E-state index is -4.56. The van der Waals surface area contributed by atoms with Crippen LogP contribution in [0.1, 0.15) is 5.69 Å². The van der Waals surface area contributed by atoms with Gasteiger partial charge in [-0.25, -0.2) is 9.97 Å². The molecule has 0 fully saturated rings. The Hall–Kier alpha value is -1.08. The second kappa shape index (κ2) is 3.99. The smallest absolute Gasteiger partial charge is 0.384 e. The molecule has 0 aliphatic heterocycles. The van der Waals surface area contributed by atoms with Gasteiger partial charge in [0.25, 0.3) is 0 Å². The Kier molecular flexibility index (Phi) is 2.90. The van der Waals surface area contributed by atoms with Crippen molar-refractivity contribution in [1.82, 2.24) is 9.97 Å². The Morgan fingerprint density at radius 2 is 1.88 bits per heavy atom. The summed E-state index contributed by atoms with van der Waals surface area (Å²) in [5, 5.41) is 0.509. The van der Waals surface area contributed by atoms with Crippen LogP contribution in [-0.2, 0) is 6.18 Å².